The third-order valence-corrected chi connectivity index (χ3v) is 1.18. The summed E-state index contributed by atoms with van der Waals surface area (Å²) >= 11 is 0. The molecule has 0 amide bonds. The lowest BCUT2D eigenvalue weighted by atomic mass is 10.2. The van der Waals surface area contributed by atoms with Gasteiger partial charge in [0.2, 0.25) is 0 Å². The van der Waals surface area contributed by atoms with Crippen molar-refractivity contribution in [3.05, 3.63) is 23.8 Å². The molecule has 0 aromatic carbocycles. The number of rotatable bonds is 3. The van der Waals surface area contributed by atoms with Crippen molar-refractivity contribution >= 4 is 0 Å². The van der Waals surface area contributed by atoms with Crippen LogP contribution in [-0.2, 0) is 0 Å². The lowest BCUT2D eigenvalue weighted by molar-refractivity contribution is 0.343. The number of hydrogen-bond acceptors (Lipinski definition) is 1. The topological polar surface area (TPSA) is 20.2 Å². The molecule has 0 aliphatic carbocycles. The Morgan fingerprint density at radius 2 is 2.22 bits per heavy atom. The molecule has 0 aliphatic rings. The van der Waals surface area contributed by atoms with Crippen LogP contribution < -0.4 is 0 Å². The van der Waals surface area contributed by atoms with E-state index in [1.165, 1.54) is 5.57 Å². The van der Waals surface area contributed by atoms with Crippen LogP contribution in [0.15, 0.2) is 23.8 Å². The summed E-state index contributed by atoms with van der Waals surface area (Å²) < 4.78 is 0. The van der Waals surface area contributed by atoms with Crippen molar-refractivity contribution in [1.82, 2.24) is 0 Å². The first-order chi connectivity index (χ1) is 4.31. The maximum absolute atomic E-state index is 8.34. The first kappa shape index (κ1) is 8.44. The fourth-order valence-electron chi connectivity index (χ4n) is 0.411. The smallest absolute Gasteiger partial charge is 0.0615 e. The maximum atomic E-state index is 8.34. The minimum absolute atomic E-state index is 0.132. The molecule has 0 saturated heterocycles. The number of allylic oxidation sites excluding steroid dienone is 3. The van der Waals surface area contributed by atoms with Crippen molar-refractivity contribution < 1.29 is 5.11 Å². The normalized spacial score (nSPS) is 13.0. The summed E-state index contributed by atoms with van der Waals surface area (Å²) in [6.45, 7) is 4.31. The average molecular weight is 126 g/mol. The Bertz CT molecular complexity index is 112. The SMILES string of the molecule is CC/C(C)=C\C=C\CO. The molecular weight excluding hydrogens is 112 g/mol. The van der Waals surface area contributed by atoms with Crippen molar-refractivity contribution in [2.75, 3.05) is 6.61 Å². The van der Waals surface area contributed by atoms with Crippen molar-refractivity contribution in [2.45, 2.75) is 20.3 Å². The fourth-order valence-corrected chi connectivity index (χ4v) is 0.411. The summed E-state index contributed by atoms with van der Waals surface area (Å²) in [5, 5.41) is 8.34. The van der Waals surface area contributed by atoms with Crippen LogP contribution in [0.1, 0.15) is 20.3 Å². The van der Waals surface area contributed by atoms with Gasteiger partial charge in [-0.2, -0.15) is 0 Å². The summed E-state index contributed by atoms with van der Waals surface area (Å²) in [7, 11) is 0. The second kappa shape index (κ2) is 5.57. The molecular formula is C8H14O. The highest BCUT2D eigenvalue weighted by atomic mass is 16.2. The standard InChI is InChI=1S/C8H14O/c1-3-8(2)6-4-5-7-9/h4-6,9H,3,7H2,1-2H3/b5-4+,8-6-. The van der Waals surface area contributed by atoms with E-state index in [1.54, 1.807) is 6.08 Å². The van der Waals surface area contributed by atoms with E-state index in [0.29, 0.717) is 0 Å². The Balaban J connectivity index is 3.55. The highest BCUT2D eigenvalue weighted by Gasteiger charge is 1.76. The second-order valence-electron chi connectivity index (χ2n) is 1.98. The molecule has 52 valence electrons. The number of aliphatic hydroxyl groups excluding tert-OH is 1. The molecule has 0 saturated carbocycles. The molecule has 0 aliphatic heterocycles. The van der Waals surface area contributed by atoms with E-state index < -0.39 is 0 Å². The minimum Gasteiger partial charge on any atom is -0.392 e. The van der Waals surface area contributed by atoms with Gasteiger partial charge in [-0.1, -0.05) is 30.7 Å². The van der Waals surface area contributed by atoms with Gasteiger partial charge in [-0.05, 0) is 13.3 Å². The van der Waals surface area contributed by atoms with E-state index >= 15 is 0 Å². The van der Waals surface area contributed by atoms with E-state index in [1.807, 2.05) is 12.2 Å². The monoisotopic (exact) mass is 126 g/mol. The molecule has 0 atom stereocenters. The fraction of sp³-hybridized carbons (Fsp3) is 0.500. The van der Waals surface area contributed by atoms with Crippen LogP contribution in [0.5, 0.6) is 0 Å². The predicted octanol–water partition coefficient (Wildman–Crippen LogP) is 1.89. The van der Waals surface area contributed by atoms with Crippen LogP contribution >= 0.6 is 0 Å². The van der Waals surface area contributed by atoms with Crippen LogP contribution in [0, 0.1) is 0 Å². The molecule has 0 unspecified atom stereocenters. The summed E-state index contributed by atoms with van der Waals surface area (Å²) in [5.41, 5.74) is 1.33. The first-order valence-electron chi connectivity index (χ1n) is 3.24. The first-order valence-corrected chi connectivity index (χ1v) is 3.24. The molecule has 0 aromatic heterocycles. The molecule has 0 spiro atoms. The van der Waals surface area contributed by atoms with Gasteiger partial charge in [0.1, 0.15) is 0 Å². The summed E-state index contributed by atoms with van der Waals surface area (Å²) in [6, 6.07) is 0. The van der Waals surface area contributed by atoms with Gasteiger partial charge < -0.3 is 5.11 Å². The van der Waals surface area contributed by atoms with Gasteiger partial charge in [-0.15, -0.1) is 0 Å². The van der Waals surface area contributed by atoms with Crippen LogP contribution in [0.4, 0.5) is 0 Å². The van der Waals surface area contributed by atoms with Crippen LogP contribution in [0.2, 0.25) is 0 Å². The van der Waals surface area contributed by atoms with Gasteiger partial charge in [-0.25, -0.2) is 0 Å². The van der Waals surface area contributed by atoms with Gasteiger partial charge >= 0.3 is 0 Å². The van der Waals surface area contributed by atoms with E-state index in [9.17, 15) is 0 Å². The van der Waals surface area contributed by atoms with Crippen molar-refractivity contribution in [1.29, 1.82) is 0 Å². The molecule has 0 aromatic rings. The quantitative estimate of drug-likeness (QED) is 0.572. The van der Waals surface area contributed by atoms with E-state index in [-0.39, 0.29) is 6.61 Å². The Morgan fingerprint density at radius 1 is 1.56 bits per heavy atom. The van der Waals surface area contributed by atoms with Crippen molar-refractivity contribution in [3.8, 4) is 0 Å². The zero-order valence-corrected chi connectivity index (χ0v) is 6.09. The van der Waals surface area contributed by atoms with E-state index in [4.69, 9.17) is 5.11 Å². The molecule has 1 heteroatoms. The lowest BCUT2D eigenvalue weighted by Crippen LogP contribution is -1.71. The van der Waals surface area contributed by atoms with Crippen LogP contribution in [0.25, 0.3) is 0 Å². The average Bonchev–Trinajstić information content (AvgIpc) is 1.89. The molecule has 0 fully saturated rings. The van der Waals surface area contributed by atoms with Crippen molar-refractivity contribution in [2.24, 2.45) is 0 Å². The summed E-state index contributed by atoms with van der Waals surface area (Å²) in [5.74, 6) is 0. The number of hydrogen-bond donors (Lipinski definition) is 1. The summed E-state index contributed by atoms with van der Waals surface area (Å²) in [6.07, 6.45) is 6.68. The highest BCUT2D eigenvalue weighted by molar-refractivity contribution is 5.09. The molecule has 0 radical (unpaired) electrons. The van der Waals surface area contributed by atoms with Crippen molar-refractivity contribution in [3.63, 3.8) is 0 Å². The zero-order chi connectivity index (χ0) is 7.11. The van der Waals surface area contributed by atoms with Gasteiger partial charge in [0.25, 0.3) is 0 Å². The Kier molecular flexibility index (Phi) is 5.23. The van der Waals surface area contributed by atoms with Crippen LogP contribution in [0.3, 0.4) is 0 Å². The van der Waals surface area contributed by atoms with Gasteiger partial charge in [-0.3, -0.25) is 0 Å². The maximum Gasteiger partial charge on any atom is 0.0615 e. The number of aliphatic hydroxyl groups is 1. The molecule has 0 rings (SSSR count). The van der Waals surface area contributed by atoms with E-state index in [0.717, 1.165) is 6.42 Å². The third-order valence-electron chi connectivity index (χ3n) is 1.18. The van der Waals surface area contributed by atoms with Crippen LogP contribution in [-0.4, -0.2) is 11.7 Å². The lowest BCUT2D eigenvalue weighted by Gasteiger charge is -1.87. The third kappa shape index (κ3) is 5.31. The van der Waals surface area contributed by atoms with Gasteiger partial charge in [0.05, 0.1) is 6.61 Å². The minimum atomic E-state index is 0.132. The Hall–Kier alpha value is -0.560. The van der Waals surface area contributed by atoms with Gasteiger partial charge in [0, 0.05) is 0 Å². The van der Waals surface area contributed by atoms with E-state index in [2.05, 4.69) is 13.8 Å². The highest BCUT2D eigenvalue weighted by Crippen LogP contribution is 1.96. The largest absolute Gasteiger partial charge is 0.392 e. The second-order valence-corrected chi connectivity index (χ2v) is 1.98. The zero-order valence-electron chi connectivity index (χ0n) is 6.09. The Morgan fingerprint density at radius 3 is 2.67 bits per heavy atom. The molecule has 0 bridgehead atoms. The molecule has 1 N–H and O–H groups in total. The summed E-state index contributed by atoms with van der Waals surface area (Å²) in [4.78, 5) is 0. The van der Waals surface area contributed by atoms with Gasteiger partial charge in [0.15, 0.2) is 0 Å². The molecule has 0 heterocycles. The predicted molar refractivity (Wildman–Crippen MR) is 40.3 cm³/mol. The molecule has 9 heavy (non-hydrogen) atoms. The molecule has 1 nitrogen and oxygen atoms in total. The Labute approximate surface area is 56.7 Å².